The molecule has 2 N–H and O–H groups in total. The Bertz CT molecular complexity index is 2580. The number of para-hydroxylation sites is 2. The van der Waals surface area contributed by atoms with Crippen molar-refractivity contribution in [3.8, 4) is 5.75 Å². The average molecular weight is 890 g/mol. The number of aliphatic hydroxyl groups excluding tert-OH is 1. The summed E-state index contributed by atoms with van der Waals surface area (Å²) in [7, 11) is -0.863. The van der Waals surface area contributed by atoms with Gasteiger partial charge in [0.15, 0.2) is 5.60 Å². The van der Waals surface area contributed by atoms with Crippen LogP contribution < -0.4 is 29.9 Å². The maximum Gasteiger partial charge on any atom is 0.264 e. The topological polar surface area (TPSA) is 115 Å². The first-order valence-electron chi connectivity index (χ1n) is 23.2. The van der Waals surface area contributed by atoms with E-state index in [0.717, 1.165) is 71.0 Å². The Morgan fingerprint density at radius 2 is 1.51 bits per heavy atom. The summed E-state index contributed by atoms with van der Waals surface area (Å²) in [5.41, 5.74) is 4.61. The first kappa shape index (κ1) is 43.1. The lowest BCUT2D eigenvalue weighted by Crippen LogP contribution is -2.55. The lowest BCUT2D eigenvalue weighted by Gasteiger charge is -2.39. The van der Waals surface area contributed by atoms with Crippen LogP contribution in [0.25, 0.3) is 0 Å². The maximum atomic E-state index is 15.5. The molecule has 5 aliphatic rings. The van der Waals surface area contributed by atoms with Gasteiger partial charge >= 0.3 is 0 Å². The number of ether oxygens (including phenoxy) is 2. The zero-order valence-electron chi connectivity index (χ0n) is 37.8. The van der Waals surface area contributed by atoms with Gasteiger partial charge in [0, 0.05) is 29.4 Å². The second-order valence-electron chi connectivity index (χ2n) is 19.2. The molecule has 10 rings (SSSR count). The third kappa shape index (κ3) is 7.08. The number of methoxy groups -OCH3 is 1. The number of nitrogens with zero attached hydrogens (tertiary/aromatic N) is 4. The van der Waals surface area contributed by atoms with Crippen LogP contribution in [0.2, 0.25) is 18.6 Å². The number of carbonyl (C=O) groups excluding carboxylic acids is 3. The van der Waals surface area contributed by atoms with Crippen LogP contribution in [-0.4, -0.2) is 87.0 Å². The van der Waals surface area contributed by atoms with Gasteiger partial charge in [-0.25, -0.2) is 0 Å². The summed E-state index contributed by atoms with van der Waals surface area (Å²) in [6.45, 7) is 9.42. The average Bonchev–Trinajstić information content (AvgIpc) is 3.89. The van der Waals surface area contributed by atoms with E-state index in [2.05, 4.69) is 66.6 Å². The van der Waals surface area contributed by atoms with Crippen LogP contribution in [0.3, 0.4) is 0 Å². The minimum atomic E-state index is -2.53. The van der Waals surface area contributed by atoms with Crippen LogP contribution in [0, 0.1) is 5.92 Å². The highest BCUT2D eigenvalue weighted by molar-refractivity contribution is 6.91. The normalized spacial score (nSPS) is 24.8. The highest BCUT2D eigenvalue weighted by atomic mass is 28.3. The molecule has 0 saturated carbocycles. The Labute approximate surface area is 383 Å². The Morgan fingerprint density at radius 1 is 0.831 bits per heavy atom. The summed E-state index contributed by atoms with van der Waals surface area (Å²) >= 11 is 0. The molecule has 5 aromatic rings. The van der Waals surface area contributed by atoms with E-state index in [0.29, 0.717) is 26.2 Å². The molecule has 0 radical (unpaired) electrons. The molecule has 0 unspecified atom stereocenters. The van der Waals surface area contributed by atoms with E-state index >= 15 is 4.79 Å². The first-order chi connectivity index (χ1) is 31.5. The third-order valence-electron chi connectivity index (χ3n) is 15.5. The molecule has 0 aromatic heterocycles. The molecule has 5 aromatic carbocycles. The number of rotatable bonds is 10. The van der Waals surface area contributed by atoms with Gasteiger partial charge in [0.25, 0.3) is 11.8 Å². The number of nitrogens with one attached hydrogen (secondary N) is 1. The predicted molar refractivity (Wildman–Crippen MR) is 256 cm³/mol. The van der Waals surface area contributed by atoms with E-state index < -0.39 is 25.3 Å². The van der Waals surface area contributed by atoms with Gasteiger partial charge in [-0.05, 0) is 97.0 Å². The van der Waals surface area contributed by atoms with Crippen molar-refractivity contribution in [2.24, 2.45) is 5.92 Å². The molecule has 5 heterocycles. The van der Waals surface area contributed by atoms with Crippen molar-refractivity contribution < 1.29 is 29.0 Å². The quantitative estimate of drug-likeness (QED) is 0.149. The van der Waals surface area contributed by atoms with Crippen molar-refractivity contribution in [3.05, 3.63) is 150 Å². The molecule has 0 bridgehead atoms. The van der Waals surface area contributed by atoms with Gasteiger partial charge in [0.1, 0.15) is 11.3 Å². The van der Waals surface area contributed by atoms with E-state index in [4.69, 9.17) is 9.47 Å². The number of hydrogen-bond donors (Lipinski definition) is 2. The number of piperidine rings is 1. The lowest BCUT2D eigenvalue weighted by atomic mass is 9.82. The van der Waals surface area contributed by atoms with E-state index in [1.807, 2.05) is 106 Å². The molecule has 65 heavy (non-hydrogen) atoms. The minimum Gasteiger partial charge on any atom is -0.497 e. The number of anilines is 3. The second-order valence-corrected chi connectivity index (χ2v) is 23.9. The van der Waals surface area contributed by atoms with Crippen LogP contribution in [0.5, 0.6) is 5.75 Å². The number of carbonyl (C=O) groups is 3. The monoisotopic (exact) mass is 889 g/mol. The van der Waals surface area contributed by atoms with E-state index in [9.17, 15) is 14.7 Å². The summed E-state index contributed by atoms with van der Waals surface area (Å²) in [5.74, 6) is 0.401. The molecule has 3 fully saturated rings. The predicted octanol–water partition coefficient (Wildman–Crippen LogP) is 6.73. The molecule has 11 nitrogen and oxygen atoms in total. The van der Waals surface area contributed by atoms with Crippen molar-refractivity contribution >= 4 is 48.0 Å². The van der Waals surface area contributed by atoms with Crippen LogP contribution in [-0.2, 0) is 44.2 Å². The Balaban J connectivity index is 0.957. The van der Waals surface area contributed by atoms with Gasteiger partial charge in [-0.1, -0.05) is 110 Å². The maximum absolute atomic E-state index is 15.5. The fourth-order valence-electron chi connectivity index (χ4n) is 12.1. The van der Waals surface area contributed by atoms with E-state index in [1.54, 1.807) is 7.11 Å². The first-order valence-corrected chi connectivity index (χ1v) is 26.2. The van der Waals surface area contributed by atoms with Crippen LogP contribution in [0.1, 0.15) is 48.4 Å². The summed E-state index contributed by atoms with van der Waals surface area (Å²) in [6.07, 6.45) is 1.58. The Hall–Kier alpha value is -5.79. The SMILES string of the molecule is COc1ccc([Si](C)(C)[C@H]2[C@H](CC(=O)N3Cc4ccccc4C[C@H]3CO)O[C@@]3(C(=O)N(Cc4ccc(N5CN(c6ccccc6)C6(CCNCC6)C5=O)cc4)c4ccccc43)[C@@H]2C)cc1. The number of fused-ring (bicyclic) bond motifs is 3. The summed E-state index contributed by atoms with van der Waals surface area (Å²) in [4.78, 5) is 52.5. The molecule has 336 valence electrons. The fourth-order valence-corrected chi connectivity index (χ4v) is 16.1. The molecule has 0 aliphatic carbocycles. The second kappa shape index (κ2) is 16.9. The van der Waals surface area contributed by atoms with Gasteiger partial charge in [-0.15, -0.1) is 0 Å². The zero-order chi connectivity index (χ0) is 45.1. The number of aliphatic hydroxyl groups is 1. The van der Waals surface area contributed by atoms with E-state index in [1.165, 1.54) is 5.19 Å². The van der Waals surface area contributed by atoms with Crippen molar-refractivity contribution in [2.75, 3.05) is 48.2 Å². The van der Waals surface area contributed by atoms with Gasteiger partial charge in [0.05, 0.1) is 59.3 Å². The van der Waals surface area contributed by atoms with Crippen LogP contribution in [0.4, 0.5) is 17.1 Å². The summed E-state index contributed by atoms with van der Waals surface area (Å²) in [6, 6.07) is 42.3. The molecule has 5 atom stereocenters. The van der Waals surface area contributed by atoms with Crippen LogP contribution in [0.15, 0.2) is 127 Å². The highest BCUT2D eigenvalue weighted by Gasteiger charge is 2.66. The van der Waals surface area contributed by atoms with Crippen molar-refractivity contribution in [2.45, 2.75) is 87.6 Å². The van der Waals surface area contributed by atoms with Gasteiger partial charge in [0.2, 0.25) is 5.91 Å². The molecule has 3 saturated heterocycles. The van der Waals surface area contributed by atoms with Crippen molar-refractivity contribution in [1.29, 1.82) is 0 Å². The highest BCUT2D eigenvalue weighted by Crippen LogP contribution is 2.60. The van der Waals surface area contributed by atoms with Crippen molar-refractivity contribution in [3.63, 3.8) is 0 Å². The van der Waals surface area contributed by atoms with Gasteiger partial charge in [-0.2, -0.15) is 0 Å². The number of benzene rings is 5. The Morgan fingerprint density at radius 3 is 2.22 bits per heavy atom. The van der Waals surface area contributed by atoms with E-state index in [-0.39, 0.29) is 48.3 Å². The van der Waals surface area contributed by atoms with Crippen molar-refractivity contribution in [1.82, 2.24) is 10.2 Å². The number of amides is 3. The molecule has 12 heteroatoms. The zero-order valence-corrected chi connectivity index (χ0v) is 38.8. The summed E-state index contributed by atoms with van der Waals surface area (Å²) in [5, 5.41) is 15.2. The molecule has 5 aliphatic heterocycles. The molecular weight excluding hydrogens is 831 g/mol. The smallest absolute Gasteiger partial charge is 0.264 e. The molecule has 3 amide bonds. The van der Waals surface area contributed by atoms with Crippen LogP contribution >= 0.6 is 0 Å². The molecule has 2 spiro atoms. The summed E-state index contributed by atoms with van der Waals surface area (Å²) < 4.78 is 12.9. The third-order valence-corrected chi connectivity index (χ3v) is 19.9. The minimum absolute atomic E-state index is 0.0811. The van der Waals surface area contributed by atoms with Gasteiger partial charge in [-0.3, -0.25) is 19.3 Å². The largest absolute Gasteiger partial charge is 0.497 e. The van der Waals surface area contributed by atoms with Gasteiger partial charge < -0.3 is 34.6 Å². The number of hydrogen-bond acceptors (Lipinski definition) is 8. The standard InChI is InChI=1S/C53H59N5O6Si/c1-36-49(65(3,4)44-24-22-43(63-2)23-25-44)47(31-48(60)55-33-39-13-9-8-12-38(39)30-42(55)34-59)64-53(36)45-16-10-11-17-46(45)56(51(53)62)32-37-18-20-40(21-19-37)57-35-58(41-14-6-5-7-15-41)52(50(57)61)26-28-54-29-27-52/h5-25,36,42,47,49,54,59H,26-35H2,1-4H3/t36-,42+,47+,49-,53+/m1/s1. The Kier molecular flexibility index (Phi) is 11.2. The fraction of sp³-hybridized carbons (Fsp3) is 0.377. The molecular formula is C53H59N5O6Si. The lowest BCUT2D eigenvalue weighted by molar-refractivity contribution is -0.151.